The summed E-state index contributed by atoms with van der Waals surface area (Å²) in [5.74, 6) is -5.83. The second-order valence-corrected chi connectivity index (χ2v) is 33.6. The SMILES string of the molecule is CC(=O)N[C@H](C(=O)OC(C)(C)C)[C@H](CCCB1OC(C)(C)C(C)(C)O1)CNC(=O)OC(C)(C)C.CC(C)[C@H](N)C(=O)N[C@H](C(=O)O)[C@@H](CN)CCCB(O)O.CC(C)[C@H](NC(=O)OC(C)(C)C)C(=O)N[C@H](C(=O)OC(C)(C)C)[C@H](CCCB1OC(C)(C)C(C)(C)O1)CNC(=O)OC(C)(C)C. The zero-order chi connectivity index (χ0) is 78.3. The van der Waals surface area contributed by atoms with E-state index in [2.05, 4.69) is 31.9 Å². The highest BCUT2D eigenvalue weighted by atomic mass is 16.7. The van der Waals surface area contributed by atoms with Gasteiger partial charge in [-0.15, -0.1) is 0 Å². The van der Waals surface area contributed by atoms with Gasteiger partial charge in [-0.2, -0.15) is 0 Å². The molecule has 0 saturated carbocycles. The lowest BCUT2D eigenvalue weighted by molar-refractivity contribution is -0.161. The molecule has 2 saturated heterocycles. The molecule has 0 aliphatic carbocycles. The largest absolute Gasteiger partial charge is 0.480 e. The van der Waals surface area contributed by atoms with Crippen LogP contribution in [0.5, 0.6) is 0 Å². The molecule has 13 N–H and O–H groups in total. The number of amides is 6. The van der Waals surface area contributed by atoms with Gasteiger partial charge in [0.1, 0.15) is 52.2 Å². The molecule has 0 radical (unpaired) electrons. The van der Waals surface area contributed by atoms with E-state index in [0.717, 1.165) is 0 Å². The van der Waals surface area contributed by atoms with Crippen molar-refractivity contribution >= 4 is 75.3 Å². The molecule has 6 amide bonds. The predicted molar refractivity (Wildman–Crippen MR) is 384 cm³/mol. The van der Waals surface area contributed by atoms with E-state index in [1.165, 1.54) is 6.92 Å². The van der Waals surface area contributed by atoms with Crippen LogP contribution in [0.3, 0.4) is 0 Å². The highest BCUT2D eigenvalue weighted by Gasteiger charge is 2.52. The summed E-state index contributed by atoms with van der Waals surface area (Å²) in [6.07, 6.45) is 2.15. The number of alkyl carbamates (subject to hydrolysis) is 3. The molecule has 0 aromatic rings. The van der Waals surface area contributed by atoms with E-state index in [1.54, 1.807) is 132 Å². The number of rotatable bonds is 31. The van der Waals surface area contributed by atoms with Gasteiger partial charge in [-0.1, -0.05) is 47.0 Å². The third kappa shape index (κ3) is 37.6. The Morgan fingerprint density at radius 2 is 0.790 bits per heavy atom. The van der Waals surface area contributed by atoms with Crippen LogP contribution in [0.1, 0.15) is 232 Å². The maximum Gasteiger partial charge on any atom is 0.457 e. The number of nitrogens with two attached hydrogens (primary N) is 2. The molecule has 0 bridgehead atoms. The van der Waals surface area contributed by atoms with Crippen molar-refractivity contribution in [2.24, 2.45) is 41.1 Å². The number of hydrogen-bond donors (Lipinski definition) is 11. The van der Waals surface area contributed by atoms with E-state index in [4.69, 9.17) is 63.8 Å². The van der Waals surface area contributed by atoms with E-state index in [9.17, 15) is 48.3 Å². The van der Waals surface area contributed by atoms with Crippen LogP contribution in [0, 0.1) is 29.6 Å². The summed E-state index contributed by atoms with van der Waals surface area (Å²) in [5, 5.41) is 42.9. The first-order valence-corrected chi connectivity index (χ1v) is 35.1. The molecule has 100 heavy (non-hydrogen) atoms. The Labute approximate surface area is 598 Å². The van der Waals surface area contributed by atoms with Gasteiger partial charge >= 0.3 is 57.5 Å². The number of carboxylic acid groups (broad SMARTS) is 1. The van der Waals surface area contributed by atoms with E-state index >= 15 is 0 Å². The number of esters is 2. The van der Waals surface area contributed by atoms with Crippen LogP contribution < -0.4 is 43.4 Å². The molecule has 578 valence electrons. The van der Waals surface area contributed by atoms with Crippen LogP contribution in [-0.4, -0.2) is 191 Å². The monoisotopic (exact) mass is 1430 g/mol. The van der Waals surface area contributed by atoms with E-state index in [-0.39, 0.29) is 50.8 Å². The molecule has 8 atom stereocenters. The summed E-state index contributed by atoms with van der Waals surface area (Å²) in [4.78, 5) is 113. The van der Waals surface area contributed by atoms with Crippen molar-refractivity contribution in [1.82, 2.24) is 31.9 Å². The van der Waals surface area contributed by atoms with Gasteiger partial charge in [0, 0.05) is 37.8 Å². The fourth-order valence-electron chi connectivity index (χ4n) is 9.91. The third-order valence-electron chi connectivity index (χ3n) is 16.4. The molecular weight excluding hydrogens is 1300 g/mol. The van der Waals surface area contributed by atoms with Crippen LogP contribution >= 0.6 is 0 Å². The molecule has 0 aromatic heterocycles. The first-order valence-electron chi connectivity index (χ1n) is 35.1. The first-order chi connectivity index (χ1) is 45.0. The summed E-state index contributed by atoms with van der Waals surface area (Å²) in [6.45, 7) is 50.8. The Kier molecular flexibility index (Phi) is 37.8. The minimum Gasteiger partial charge on any atom is -0.480 e. The number of hydrogen-bond acceptors (Lipinski definition) is 22. The van der Waals surface area contributed by atoms with Gasteiger partial charge in [-0.3, -0.25) is 14.4 Å². The molecule has 2 fully saturated rings. The number of carboxylic acids is 1. The molecule has 0 aromatic carbocycles. The molecule has 2 heterocycles. The molecule has 2 aliphatic heterocycles. The van der Waals surface area contributed by atoms with E-state index in [1.807, 2.05) is 55.4 Å². The lowest BCUT2D eigenvalue weighted by atomic mass is 9.80. The Bertz CT molecular complexity index is 2580. The maximum absolute atomic E-state index is 13.7. The quantitative estimate of drug-likeness (QED) is 0.0181. The van der Waals surface area contributed by atoms with Crippen molar-refractivity contribution in [3.05, 3.63) is 0 Å². The Morgan fingerprint density at radius 3 is 1.09 bits per heavy atom. The average molecular weight is 1430 g/mol. The highest BCUT2D eigenvalue weighted by molar-refractivity contribution is 6.45. The second-order valence-electron chi connectivity index (χ2n) is 33.6. The zero-order valence-corrected chi connectivity index (χ0v) is 65.8. The fourth-order valence-corrected chi connectivity index (χ4v) is 9.91. The Morgan fingerprint density at radius 1 is 0.460 bits per heavy atom. The summed E-state index contributed by atoms with van der Waals surface area (Å²) >= 11 is 0. The number of carbonyl (C=O) groups excluding carboxylic acids is 8. The summed E-state index contributed by atoms with van der Waals surface area (Å²) in [5.41, 5.74) is 5.70. The number of aliphatic carboxylic acids is 1. The number of carbonyl (C=O) groups is 9. The van der Waals surface area contributed by atoms with Crippen molar-refractivity contribution in [3.8, 4) is 0 Å². The lowest BCUT2D eigenvalue weighted by Gasteiger charge is -2.32. The van der Waals surface area contributed by atoms with Gasteiger partial charge in [0.05, 0.1) is 28.4 Å². The Balaban J connectivity index is 0.00000157. The van der Waals surface area contributed by atoms with Crippen molar-refractivity contribution in [3.63, 3.8) is 0 Å². The van der Waals surface area contributed by atoms with E-state index < -0.39 is 161 Å². The summed E-state index contributed by atoms with van der Waals surface area (Å²) < 4.78 is 51.8. The maximum atomic E-state index is 13.7. The van der Waals surface area contributed by atoms with Crippen LogP contribution in [-0.2, 0) is 71.1 Å². The molecule has 0 spiro atoms. The summed E-state index contributed by atoms with van der Waals surface area (Å²) in [7, 11) is -2.26. The molecule has 0 unspecified atom stereocenters. The van der Waals surface area contributed by atoms with Crippen molar-refractivity contribution in [2.75, 3.05) is 19.6 Å². The molecule has 2 rings (SSSR count). The number of nitrogens with one attached hydrogen (secondary N) is 6. The second kappa shape index (κ2) is 40.0. The van der Waals surface area contributed by atoms with Gasteiger partial charge in [0.2, 0.25) is 17.7 Å². The highest BCUT2D eigenvalue weighted by Crippen LogP contribution is 2.40. The van der Waals surface area contributed by atoms with Gasteiger partial charge in [0.25, 0.3) is 0 Å². The first kappa shape index (κ1) is 94.5. The van der Waals surface area contributed by atoms with Crippen molar-refractivity contribution < 1.29 is 101 Å². The minimum absolute atomic E-state index is 0.00824. The van der Waals surface area contributed by atoms with Gasteiger partial charge in [0.15, 0.2) is 0 Å². The molecule has 29 nitrogen and oxygen atoms in total. The number of ether oxygens (including phenoxy) is 5. The van der Waals surface area contributed by atoms with Crippen LogP contribution in [0.2, 0.25) is 19.0 Å². The average Bonchev–Trinajstić information content (AvgIpc) is 1.65. The van der Waals surface area contributed by atoms with Crippen LogP contribution in [0.15, 0.2) is 0 Å². The zero-order valence-electron chi connectivity index (χ0n) is 65.8. The lowest BCUT2D eigenvalue weighted by Crippen LogP contribution is -2.58. The minimum atomic E-state index is -1.43. The molecular formula is C68H131B3N8O21. The smallest absolute Gasteiger partial charge is 0.457 e. The summed E-state index contributed by atoms with van der Waals surface area (Å²) in [6, 6.07) is -5.02. The van der Waals surface area contributed by atoms with Crippen LogP contribution in [0.4, 0.5) is 14.4 Å². The van der Waals surface area contributed by atoms with Gasteiger partial charge in [-0.25, -0.2) is 28.8 Å². The third-order valence-corrected chi connectivity index (χ3v) is 16.4. The standard InChI is InChI=1S/C32H60BN3O9.C24H45BN2O7.C12H26BN3O5/c1-20(2)22(36-27(40)43-30(9,10)11)24(37)35-23(25(38)41-28(3,4)5)21(19-34-26(39)42-29(6,7)8)17-16-18-33-44-31(12,13)32(14,15)45-33;1-16(28)27-18(19(29)31-21(2,3)4)17(15-26-20(30)32-22(5,6)7)13-12-14-25-33-23(8,9)24(10,11)34-25;1-7(2)9(15)11(17)16-10(12(18)19)8(6-14)4-3-5-13(20)21/h20-23H,16-19H2,1-15H3,(H,34,39)(H,35,37)(H,36,40);17-18H,12-15H2,1-11H3,(H,26,30)(H,27,28);7-10,20-21H,3-6,14-15H2,1-2H3,(H,16,17)(H,18,19)/t21-,22+,23+;17-,18+;8-,9+,10+/m111/s1. The van der Waals surface area contributed by atoms with Crippen molar-refractivity contribution in [1.29, 1.82) is 0 Å². The molecule has 2 aliphatic rings. The Hall–Kier alpha value is -5.50. The van der Waals surface area contributed by atoms with E-state index in [0.29, 0.717) is 51.2 Å². The van der Waals surface area contributed by atoms with Gasteiger partial charge in [-0.05, 0) is 216 Å². The topological polar surface area (TPSA) is 422 Å². The van der Waals surface area contributed by atoms with Crippen LogP contribution in [0.25, 0.3) is 0 Å². The van der Waals surface area contributed by atoms with Gasteiger partial charge < -0.3 is 101 Å². The fraction of sp³-hybridized carbons (Fsp3) is 0.868. The van der Waals surface area contributed by atoms with Crippen molar-refractivity contribution in [2.45, 2.75) is 332 Å². The predicted octanol–water partition coefficient (Wildman–Crippen LogP) is 7.59. The molecule has 32 heteroatoms. The normalized spacial score (nSPS) is 18.1.